The third-order valence-corrected chi connectivity index (χ3v) is 4.95. The van der Waals surface area contributed by atoms with E-state index in [0.717, 1.165) is 22.5 Å². The number of hydrogen-bond donors (Lipinski definition) is 1. The van der Waals surface area contributed by atoms with Crippen molar-refractivity contribution >= 4 is 17.4 Å². The van der Waals surface area contributed by atoms with Gasteiger partial charge >= 0.3 is 0 Å². The van der Waals surface area contributed by atoms with Crippen LogP contribution in [0.25, 0.3) is 0 Å². The van der Waals surface area contributed by atoms with Crippen molar-refractivity contribution in [2.75, 3.05) is 5.73 Å². The summed E-state index contributed by atoms with van der Waals surface area (Å²) in [4.78, 5) is 4.35. The van der Waals surface area contributed by atoms with Gasteiger partial charge in [-0.25, -0.2) is 4.98 Å². The highest BCUT2D eigenvalue weighted by Gasteiger charge is 2.25. The molecule has 1 fully saturated rings. The fourth-order valence-electron chi connectivity index (χ4n) is 2.26. The van der Waals surface area contributed by atoms with Gasteiger partial charge in [0.15, 0.2) is 0 Å². The summed E-state index contributed by atoms with van der Waals surface area (Å²) in [6, 6.07) is 3.83. The number of aromatic nitrogens is 1. The first-order chi connectivity index (χ1) is 7.66. The van der Waals surface area contributed by atoms with Gasteiger partial charge in [0.1, 0.15) is 5.03 Å². The Morgan fingerprint density at radius 2 is 2.12 bits per heavy atom. The van der Waals surface area contributed by atoms with Gasteiger partial charge in [-0.15, -0.1) is 11.8 Å². The Morgan fingerprint density at radius 1 is 1.31 bits per heavy atom. The van der Waals surface area contributed by atoms with Crippen molar-refractivity contribution in [3.63, 3.8) is 0 Å². The van der Waals surface area contributed by atoms with Crippen molar-refractivity contribution < 1.29 is 0 Å². The van der Waals surface area contributed by atoms with Crippen LogP contribution in [0.3, 0.4) is 0 Å². The van der Waals surface area contributed by atoms with Gasteiger partial charge in [-0.1, -0.05) is 13.8 Å². The first kappa shape index (κ1) is 11.8. The van der Waals surface area contributed by atoms with Crippen LogP contribution >= 0.6 is 11.8 Å². The zero-order chi connectivity index (χ0) is 11.5. The Kier molecular flexibility index (Phi) is 3.74. The van der Waals surface area contributed by atoms with Gasteiger partial charge in [0.25, 0.3) is 0 Å². The number of hydrogen-bond acceptors (Lipinski definition) is 3. The Hall–Kier alpha value is -0.700. The average molecular weight is 236 g/mol. The Labute approximate surface area is 102 Å². The molecule has 88 valence electrons. The van der Waals surface area contributed by atoms with Crippen molar-refractivity contribution in [3.8, 4) is 0 Å². The van der Waals surface area contributed by atoms with Crippen LogP contribution in [-0.4, -0.2) is 10.2 Å². The zero-order valence-electron chi connectivity index (χ0n) is 10.0. The number of rotatable bonds is 2. The summed E-state index contributed by atoms with van der Waals surface area (Å²) in [7, 11) is 0. The first-order valence-electron chi connectivity index (χ1n) is 6.04. The van der Waals surface area contributed by atoms with Crippen molar-refractivity contribution in [2.45, 2.75) is 43.4 Å². The molecular formula is C13H20N2S. The molecule has 2 nitrogen and oxygen atoms in total. The molecule has 1 aliphatic rings. The molecule has 1 aliphatic carbocycles. The number of thioether (sulfide) groups is 1. The SMILES string of the molecule is CC1CCC(Sc2ncccc2N)CC1C. The zero-order valence-corrected chi connectivity index (χ0v) is 10.8. The van der Waals surface area contributed by atoms with Gasteiger partial charge in [-0.3, -0.25) is 0 Å². The van der Waals surface area contributed by atoms with E-state index in [4.69, 9.17) is 5.73 Å². The Bertz CT molecular complexity index is 354. The molecular weight excluding hydrogens is 216 g/mol. The maximum Gasteiger partial charge on any atom is 0.119 e. The predicted molar refractivity (Wildman–Crippen MR) is 70.5 cm³/mol. The topological polar surface area (TPSA) is 38.9 Å². The van der Waals surface area contributed by atoms with Crippen molar-refractivity contribution in [1.29, 1.82) is 0 Å². The smallest absolute Gasteiger partial charge is 0.119 e. The van der Waals surface area contributed by atoms with E-state index in [2.05, 4.69) is 18.8 Å². The van der Waals surface area contributed by atoms with Gasteiger partial charge < -0.3 is 5.73 Å². The maximum atomic E-state index is 5.92. The minimum atomic E-state index is 0.698. The lowest BCUT2D eigenvalue weighted by Crippen LogP contribution is -2.22. The minimum absolute atomic E-state index is 0.698. The second kappa shape index (κ2) is 5.09. The number of nitrogens with zero attached hydrogens (tertiary/aromatic N) is 1. The van der Waals surface area contributed by atoms with Gasteiger partial charge in [0.2, 0.25) is 0 Å². The Balaban J connectivity index is 1.98. The summed E-state index contributed by atoms with van der Waals surface area (Å²) in [5.74, 6) is 1.70. The second-order valence-electron chi connectivity index (χ2n) is 4.91. The summed E-state index contributed by atoms with van der Waals surface area (Å²) in [5, 5.41) is 1.71. The molecule has 2 rings (SSSR count). The van der Waals surface area contributed by atoms with Crippen molar-refractivity contribution in [3.05, 3.63) is 18.3 Å². The molecule has 0 saturated heterocycles. The van der Waals surface area contributed by atoms with E-state index in [1.807, 2.05) is 30.1 Å². The summed E-state index contributed by atoms with van der Waals surface area (Å²) < 4.78 is 0. The highest BCUT2D eigenvalue weighted by molar-refractivity contribution is 8.00. The molecule has 1 aromatic heterocycles. The predicted octanol–water partition coefficient (Wildman–Crippen LogP) is 3.58. The van der Waals surface area contributed by atoms with Crippen LogP contribution in [0.15, 0.2) is 23.4 Å². The van der Waals surface area contributed by atoms with E-state index < -0.39 is 0 Å². The normalized spacial score (nSPS) is 30.2. The quantitative estimate of drug-likeness (QED) is 0.853. The van der Waals surface area contributed by atoms with E-state index in [1.54, 1.807) is 0 Å². The lowest BCUT2D eigenvalue weighted by atomic mass is 9.81. The van der Waals surface area contributed by atoms with Crippen LogP contribution in [-0.2, 0) is 0 Å². The standard InChI is InChI=1S/C13H20N2S/c1-9-5-6-11(8-10(9)2)16-13-12(14)4-3-7-15-13/h3-4,7,9-11H,5-6,8,14H2,1-2H3. The molecule has 0 amide bonds. The number of anilines is 1. The summed E-state index contributed by atoms with van der Waals surface area (Å²) in [6.45, 7) is 4.72. The monoisotopic (exact) mass is 236 g/mol. The Morgan fingerprint density at radius 3 is 2.81 bits per heavy atom. The van der Waals surface area contributed by atoms with Crippen LogP contribution < -0.4 is 5.73 Å². The molecule has 1 heterocycles. The number of nitrogen functional groups attached to an aromatic ring is 1. The molecule has 0 bridgehead atoms. The summed E-state index contributed by atoms with van der Waals surface area (Å²) in [5.41, 5.74) is 6.73. The highest BCUT2D eigenvalue weighted by atomic mass is 32.2. The largest absolute Gasteiger partial charge is 0.397 e. The van der Waals surface area contributed by atoms with E-state index in [9.17, 15) is 0 Å². The second-order valence-corrected chi connectivity index (χ2v) is 6.19. The van der Waals surface area contributed by atoms with Crippen LogP contribution in [0.5, 0.6) is 0 Å². The lowest BCUT2D eigenvalue weighted by molar-refractivity contribution is 0.283. The third kappa shape index (κ3) is 2.70. The average Bonchev–Trinajstić information content (AvgIpc) is 2.27. The molecule has 3 atom stereocenters. The molecule has 3 heteroatoms. The molecule has 0 radical (unpaired) electrons. The van der Waals surface area contributed by atoms with Crippen molar-refractivity contribution in [2.24, 2.45) is 11.8 Å². The minimum Gasteiger partial charge on any atom is -0.397 e. The number of nitrogens with two attached hydrogens (primary N) is 1. The molecule has 0 aliphatic heterocycles. The van der Waals surface area contributed by atoms with Gasteiger partial charge in [-0.2, -0.15) is 0 Å². The summed E-state index contributed by atoms with van der Waals surface area (Å²) >= 11 is 1.86. The van der Waals surface area contributed by atoms with Gasteiger partial charge in [0, 0.05) is 11.4 Å². The van der Waals surface area contributed by atoms with Crippen LogP contribution in [0, 0.1) is 11.8 Å². The van der Waals surface area contributed by atoms with Gasteiger partial charge in [0.05, 0.1) is 5.69 Å². The van der Waals surface area contributed by atoms with Crippen LogP contribution in [0.1, 0.15) is 33.1 Å². The van der Waals surface area contributed by atoms with E-state index in [1.165, 1.54) is 19.3 Å². The molecule has 3 unspecified atom stereocenters. The van der Waals surface area contributed by atoms with Crippen LogP contribution in [0.2, 0.25) is 0 Å². The fourth-order valence-corrected chi connectivity index (χ4v) is 3.56. The van der Waals surface area contributed by atoms with E-state index in [-0.39, 0.29) is 0 Å². The number of pyridine rings is 1. The molecule has 1 aromatic rings. The highest BCUT2D eigenvalue weighted by Crippen LogP contribution is 2.39. The van der Waals surface area contributed by atoms with E-state index in [0.29, 0.717) is 5.25 Å². The maximum absolute atomic E-state index is 5.92. The molecule has 0 spiro atoms. The molecule has 2 N–H and O–H groups in total. The first-order valence-corrected chi connectivity index (χ1v) is 6.92. The van der Waals surface area contributed by atoms with Gasteiger partial charge in [-0.05, 0) is 43.2 Å². The summed E-state index contributed by atoms with van der Waals surface area (Å²) in [6.07, 6.45) is 5.76. The van der Waals surface area contributed by atoms with Crippen LogP contribution in [0.4, 0.5) is 5.69 Å². The molecule has 0 aromatic carbocycles. The third-order valence-electron chi connectivity index (χ3n) is 3.63. The molecule has 16 heavy (non-hydrogen) atoms. The fraction of sp³-hybridized carbons (Fsp3) is 0.615. The van der Waals surface area contributed by atoms with Crippen molar-refractivity contribution in [1.82, 2.24) is 4.98 Å². The van der Waals surface area contributed by atoms with E-state index >= 15 is 0 Å². The lowest BCUT2D eigenvalue weighted by Gasteiger charge is -2.31. The molecule has 1 saturated carbocycles.